The zero-order valence-electron chi connectivity index (χ0n) is 12.2. The molecule has 3 saturated heterocycles. The summed E-state index contributed by atoms with van der Waals surface area (Å²) in [6, 6.07) is 5.23. The molecule has 3 fully saturated rings. The number of fused-ring (bicyclic) bond motifs is 3. The minimum absolute atomic E-state index is 0.486. The van der Waals surface area contributed by atoms with Crippen LogP contribution in [0.15, 0.2) is 29.9 Å². The molecule has 0 amide bonds. The van der Waals surface area contributed by atoms with Crippen molar-refractivity contribution in [1.82, 2.24) is 14.9 Å². The number of hydrogen-bond acceptors (Lipinski definition) is 5. The molecule has 2 bridgehead atoms. The maximum atomic E-state index is 4.51. The average Bonchev–Trinajstić information content (AvgIpc) is 3.06. The van der Waals surface area contributed by atoms with Gasteiger partial charge in [0.1, 0.15) is 0 Å². The highest BCUT2D eigenvalue weighted by Crippen LogP contribution is 2.33. The predicted octanol–water partition coefficient (Wildman–Crippen LogP) is 3.10. The summed E-state index contributed by atoms with van der Waals surface area (Å²) in [5.74, 6) is 1.53. The van der Waals surface area contributed by atoms with Gasteiger partial charge in [0.15, 0.2) is 0 Å². The molecule has 110 valence electrons. The van der Waals surface area contributed by atoms with Crippen molar-refractivity contribution in [2.45, 2.75) is 31.8 Å². The Morgan fingerprint density at radius 2 is 2.00 bits per heavy atom. The van der Waals surface area contributed by atoms with Crippen molar-refractivity contribution < 1.29 is 0 Å². The molecule has 21 heavy (non-hydrogen) atoms. The van der Waals surface area contributed by atoms with Gasteiger partial charge in [-0.05, 0) is 50.2 Å². The van der Waals surface area contributed by atoms with Gasteiger partial charge in [-0.3, -0.25) is 4.90 Å². The Bertz CT molecular complexity index is 585. The Balaban J connectivity index is 1.50. The quantitative estimate of drug-likeness (QED) is 0.945. The topological polar surface area (TPSA) is 41.1 Å². The molecule has 0 radical (unpaired) electrons. The smallest absolute Gasteiger partial charge is 0.222 e. The van der Waals surface area contributed by atoms with Crippen molar-refractivity contribution in [2.24, 2.45) is 5.92 Å². The van der Waals surface area contributed by atoms with Gasteiger partial charge < -0.3 is 5.32 Å². The molecule has 3 aliphatic rings. The fourth-order valence-electron chi connectivity index (χ4n) is 3.67. The van der Waals surface area contributed by atoms with Crippen LogP contribution >= 0.6 is 11.3 Å². The monoisotopic (exact) mass is 300 g/mol. The zero-order valence-corrected chi connectivity index (χ0v) is 13.0. The fourth-order valence-corrected chi connectivity index (χ4v) is 4.37. The van der Waals surface area contributed by atoms with Crippen LogP contribution in [0.2, 0.25) is 0 Å². The fraction of sp³-hybridized carbons (Fsp3) is 0.500. The Morgan fingerprint density at radius 1 is 1.24 bits per heavy atom. The SMILES string of the molecule is C[C@@H]1[C@H](Nc2ncc(-c3cccs3)cn2)C2CCN1CC2. The molecule has 2 aromatic rings. The van der Waals surface area contributed by atoms with Gasteiger partial charge in [-0.25, -0.2) is 9.97 Å². The molecule has 0 unspecified atom stereocenters. The van der Waals surface area contributed by atoms with E-state index >= 15 is 0 Å². The Labute approximate surface area is 129 Å². The van der Waals surface area contributed by atoms with E-state index in [1.54, 1.807) is 11.3 Å². The summed E-state index contributed by atoms with van der Waals surface area (Å²) >= 11 is 1.72. The van der Waals surface area contributed by atoms with Crippen molar-refractivity contribution in [3.63, 3.8) is 0 Å². The van der Waals surface area contributed by atoms with E-state index in [2.05, 4.69) is 44.6 Å². The standard InChI is InChI=1S/C16H20N4S/c1-11-15(12-4-6-20(11)7-5-12)19-16-17-9-13(10-18-16)14-3-2-8-21-14/h2-3,8-12,15H,4-7H2,1H3,(H,17,18,19)/t11-,15+/m1/s1. The summed E-state index contributed by atoms with van der Waals surface area (Å²) in [7, 11) is 0. The second kappa shape index (κ2) is 5.39. The normalized spacial score (nSPS) is 31.3. The highest BCUT2D eigenvalue weighted by atomic mass is 32.1. The number of nitrogens with one attached hydrogen (secondary N) is 1. The van der Waals surface area contributed by atoms with Gasteiger partial charge in [0.2, 0.25) is 5.95 Å². The summed E-state index contributed by atoms with van der Waals surface area (Å²) in [4.78, 5) is 12.8. The van der Waals surface area contributed by atoms with Crippen molar-refractivity contribution in [2.75, 3.05) is 18.4 Å². The first kappa shape index (κ1) is 13.2. The van der Waals surface area contributed by atoms with E-state index in [1.807, 2.05) is 12.4 Å². The minimum Gasteiger partial charge on any atom is -0.350 e. The maximum absolute atomic E-state index is 4.51. The molecule has 0 saturated carbocycles. The Kier molecular flexibility index (Phi) is 3.39. The number of anilines is 1. The Morgan fingerprint density at radius 3 is 2.62 bits per heavy atom. The first-order valence-corrected chi connectivity index (χ1v) is 8.56. The van der Waals surface area contributed by atoms with Gasteiger partial charge in [-0.2, -0.15) is 0 Å². The number of rotatable bonds is 3. The lowest BCUT2D eigenvalue weighted by atomic mass is 9.79. The third kappa shape index (κ3) is 2.45. The highest BCUT2D eigenvalue weighted by molar-refractivity contribution is 7.13. The van der Waals surface area contributed by atoms with Crippen LogP contribution < -0.4 is 5.32 Å². The molecule has 5 heterocycles. The van der Waals surface area contributed by atoms with E-state index in [4.69, 9.17) is 0 Å². The Hall–Kier alpha value is -1.46. The van der Waals surface area contributed by atoms with Gasteiger partial charge in [0.05, 0.1) is 0 Å². The number of piperidine rings is 3. The molecule has 3 aliphatic heterocycles. The maximum Gasteiger partial charge on any atom is 0.222 e. The van der Waals surface area contributed by atoms with E-state index in [0.29, 0.717) is 12.1 Å². The molecular weight excluding hydrogens is 280 g/mol. The molecule has 4 nitrogen and oxygen atoms in total. The van der Waals surface area contributed by atoms with Crippen LogP contribution in [-0.2, 0) is 0 Å². The molecule has 0 aliphatic carbocycles. The lowest BCUT2D eigenvalue weighted by Crippen LogP contribution is -2.59. The summed E-state index contributed by atoms with van der Waals surface area (Å²) < 4.78 is 0. The average molecular weight is 300 g/mol. The number of thiophene rings is 1. The first-order valence-electron chi connectivity index (χ1n) is 7.68. The highest BCUT2D eigenvalue weighted by Gasteiger charge is 2.39. The third-order valence-electron chi connectivity index (χ3n) is 4.93. The van der Waals surface area contributed by atoms with Crippen LogP contribution in [0.4, 0.5) is 5.95 Å². The summed E-state index contributed by atoms with van der Waals surface area (Å²) in [5.41, 5.74) is 1.09. The summed E-state index contributed by atoms with van der Waals surface area (Å²) in [6.45, 7) is 4.83. The molecule has 1 N–H and O–H groups in total. The summed E-state index contributed by atoms with van der Waals surface area (Å²) in [5, 5.41) is 5.65. The molecule has 2 atom stereocenters. The first-order chi connectivity index (χ1) is 10.3. The lowest BCUT2D eigenvalue weighted by molar-refractivity contribution is 0.0455. The van der Waals surface area contributed by atoms with E-state index in [0.717, 1.165) is 17.4 Å². The number of hydrogen-bond donors (Lipinski definition) is 1. The van der Waals surface area contributed by atoms with Crippen LogP contribution in [0.3, 0.4) is 0 Å². The second-order valence-electron chi connectivity index (χ2n) is 6.06. The van der Waals surface area contributed by atoms with Crippen LogP contribution in [0.1, 0.15) is 19.8 Å². The van der Waals surface area contributed by atoms with Gasteiger partial charge in [0, 0.05) is 34.9 Å². The van der Waals surface area contributed by atoms with Gasteiger partial charge in [-0.15, -0.1) is 11.3 Å². The molecule has 5 heteroatoms. The minimum atomic E-state index is 0.486. The van der Waals surface area contributed by atoms with Crippen molar-refractivity contribution in [3.8, 4) is 10.4 Å². The molecule has 5 rings (SSSR count). The van der Waals surface area contributed by atoms with Gasteiger partial charge in [-0.1, -0.05) is 6.07 Å². The van der Waals surface area contributed by atoms with E-state index in [1.165, 1.54) is 30.8 Å². The lowest BCUT2D eigenvalue weighted by Gasteiger charge is -2.49. The third-order valence-corrected chi connectivity index (χ3v) is 5.85. The molecule has 0 aromatic carbocycles. The van der Waals surface area contributed by atoms with Gasteiger partial charge in [0.25, 0.3) is 0 Å². The zero-order chi connectivity index (χ0) is 14.2. The van der Waals surface area contributed by atoms with Crippen molar-refractivity contribution in [3.05, 3.63) is 29.9 Å². The van der Waals surface area contributed by atoms with Gasteiger partial charge >= 0.3 is 0 Å². The van der Waals surface area contributed by atoms with Crippen molar-refractivity contribution >= 4 is 17.3 Å². The van der Waals surface area contributed by atoms with Crippen LogP contribution in [0.25, 0.3) is 10.4 Å². The van der Waals surface area contributed by atoms with Crippen LogP contribution in [0.5, 0.6) is 0 Å². The molecular formula is C16H20N4S. The van der Waals surface area contributed by atoms with Crippen LogP contribution in [-0.4, -0.2) is 40.0 Å². The van der Waals surface area contributed by atoms with Crippen molar-refractivity contribution in [1.29, 1.82) is 0 Å². The van der Waals surface area contributed by atoms with E-state index in [9.17, 15) is 0 Å². The number of aromatic nitrogens is 2. The molecule has 0 spiro atoms. The van der Waals surface area contributed by atoms with E-state index < -0.39 is 0 Å². The van der Waals surface area contributed by atoms with E-state index in [-0.39, 0.29) is 0 Å². The second-order valence-corrected chi connectivity index (χ2v) is 7.00. The predicted molar refractivity (Wildman–Crippen MR) is 86.5 cm³/mol. The van der Waals surface area contributed by atoms with Crippen LogP contribution in [0, 0.1) is 5.92 Å². The summed E-state index contributed by atoms with van der Waals surface area (Å²) in [6.07, 6.45) is 6.45. The largest absolute Gasteiger partial charge is 0.350 e. The molecule has 2 aromatic heterocycles. The number of nitrogens with zero attached hydrogens (tertiary/aromatic N) is 3.